The van der Waals surface area contributed by atoms with Gasteiger partial charge in [0.05, 0.1) is 6.20 Å². The van der Waals surface area contributed by atoms with Gasteiger partial charge in [-0.25, -0.2) is 14.2 Å². The zero-order valence-corrected chi connectivity index (χ0v) is 9.00. The number of carbonyl (C=O) groups excluding carboxylic acids is 1. The van der Waals surface area contributed by atoms with Crippen LogP contribution in [0.15, 0.2) is 36.5 Å². The SMILES string of the molecule is O=C(Nc1nc(O)ncc1F)Oc1ccccc1. The van der Waals surface area contributed by atoms with Crippen LogP contribution in [0.3, 0.4) is 0 Å². The maximum atomic E-state index is 13.2. The number of carbonyl (C=O) groups is 1. The van der Waals surface area contributed by atoms with Crippen molar-refractivity contribution >= 4 is 11.9 Å². The molecule has 2 aromatic rings. The topological polar surface area (TPSA) is 84.3 Å². The summed E-state index contributed by atoms with van der Waals surface area (Å²) in [4.78, 5) is 17.9. The molecule has 2 N–H and O–H groups in total. The van der Waals surface area contributed by atoms with E-state index in [2.05, 4.69) is 15.3 Å². The van der Waals surface area contributed by atoms with Gasteiger partial charge < -0.3 is 9.84 Å². The van der Waals surface area contributed by atoms with E-state index >= 15 is 0 Å². The number of para-hydroxylation sites is 1. The Morgan fingerprint density at radius 3 is 2.78 bits per heavy atom. The first-order valence-corrected chi connectivity index (χ1v) is 4.90. The third-order valence-electron chi connectivity index (χ3n) is 1.91. The second-order valence-electron chi connectivity index (χ2n) is 3.19. The average Bonchev–Trinajstić information content (AvgIpc) is 2.35. The number of halogens is 1. The third kappa shape index (κ3) is 2.91. The number of hydrogen-bond donors (Lipinski definition) is 2. The minimum Gasteiger partial charge on any atom is -0.479 e. The van der Waals surface area contributed by atoms with Crippen molar-refractivity contribution < 1.29 is 19.0 Å². The molecule has 6 nitrogen and oxygen atoms in total. The van der Waals surface area contributed by atoms with Crippen molar-refractivity contribution in [1.29, 1.82) is 0 Å². The number of aromatic hydroxyl groups is 1. The van der Waals surface area contributed by atoms with Gasteiger partial charge in [0.15, 0.2) is 11.6 Å². The van der Waals surface area contributed by atoms with Crippen molar-refractivity contribution in [2.75, 3.05) is 5.32 Å². The molecule has 0 spiro atoms. The summed E-state index contributed by atoms with van der Waals surface area (Å²) in [6.45, 7) is 0. The molecule has 0 saturated carbocycles. The third-order valence-corrected chi connectivity index (χ3v) is 1.91. The van der Waals surface area contributed by atoms with Gasteiger partial charge in [-0.1, -0.05) is 18.2 Å². The van der Waals surface area contributed by atoms with Crippen molar-refractivity contribution in [3.05, 3.63) is 42.3 Å². The predicted molar refractivity (Wildman–Crippen MR) is 59.7 cm³/mol. The lowest BCUT2D eigenvalue weighted by molar-refractivity contribution is 0.215. The normalized spacial score (nSPS) is 9.83. The number of anilines is 1. The van der Waals surface area contributed by atoms with Gasteiger partial charge in [0.1, 0.15) is 5.75 Å². The Morgan fingerprint density at radius 1 is 1.33 bits per heavy atom. The molecule has 0 aliphatic heterocycles. The zero-order chi connectivity index (χ0) is 13.0. The van der Waals surface area contributed by atoms with Crippen molar-refractivity contribution in [3.8, 4) is 11.8 Å². The Kier molecular flexibility index (Phi) is 3.33. The lowest BCUT2D eigenvalue weighted by Gasteiger charge is -2.06. The zero-order valence-electron chi connectivity index (χ0n) is 9.00. The van der Waals surface area contributed by atoms with E-state index in [0.717, 1.165) is 6.20 Å². The Morgan fingerprint density at radius 2 is 2.06 bits per heavy atom. The monoisotopic (exact) mass is 249 g/mol. The van der Waals surface area contributed by atoms with Crippen LogP contribution < -0.4 is 10.1 Å². The van der Waals surface area contributed by atoms with Crippen LogP contribution in [0, 0.1) is 5.82 Å². The molecule has 1 amide bonds. The van der Waals surface area contributed by atoms with Crippen LogP contribution >= 0.6 is 0 Å². The van der Waals surface area contributed by atoms with E-state index in [1.165, 1.54) is 0 Å². The molecule has 0 bridgehead atoms. The van der Waals surface area contributed by atoms with Crippen molar-refractivity contribution in [1.82, 2.24) is 9.97 Å². The Labute approximate surface area is 101 Å². The quantitative estimate of drug-likeness (QED) is 0.849. The molecular weight excluding hydrogens is 241 g/mol. The first kappa shape index (κ1) is 11.8. The van der Waals surface area contributed by atoms with E-state index in [4.69, 9.17) is 9.84 Å². The number of nitrogens with zero attached hydrogens (tertiary/aromatic N) is 2. The van der Waals surface area contributed by atoms with Crippen LogP contribution in [0.4, 0.5) is 15.0 Å². The molecule has 1 heterocycles. The molecule has 0 unspecified atom stereocenters. The van der Waals surface area contributed by atoms with Crippen LogP contribution in [0.1, 0.15) is 0 Å². The highest BCUT2D eigenvalue weighted by Gasteiger charge is 2.11. The van der Waals surface area contributed by atoms with Gasteiger partial charge in [-0.2, -0.15) is 4.98 Å². The molecule has 92 valence electrons. The van der Waals surface area contributed by atoms with Gasteiger partial charge >= 0.3 is 12.1 Å². The van der Waals surface area contributed by atoms with Crippen LogP contribution in [-0.4, -0.2) is 21.2 Å². The number of benzene rings is 1. The predicted octanol–water partition coefficient (Wildman–Crippen LogP) is 1.93. The van der Waals surface area contributed by atoms with Crippen LogP contribution in [0.5, 0.6) is 11.8 Å². The molecule has 0 aliphatic carbocycles. The second-order valence-corrected chi connectivity index (χ2v) is 3.19. The maximum absolute atomic E-state index is 13.2. The summed E-state index contributed by atoms with van der Waals surface area (Å²) in [5, 5.41) is 11.0. The molecule has 18 heavy (non-hydrogen) atoms. The van der Waals surface area contributed by atoms with Crippen LogP contribution in [0.25, 0.3) is 0 Å². The fourth-order valence-electron chi connectivity index (χ4n) is 1.16. The summed E-state index contributed by atoms with van der Waals surface area (Å²) in [7, 11) is 0. The number of aromatic nitrogens is 2. The second kappa shape index (κ2) is 5.09. The van der Waals surface area contributed by atoms with Gasteiger partial charge in [-0.15, -0.1) is 0 Å². The molecule has 0 atom stereocenters. The van der Waals surface area contributed by atoms with E-state index in [-0.39, 0.29) is 0 Å². The number of amides is 1. The maximum Gasteiger partial charge on any atom is 0.418 e. The van der Waals surface area contributed by atoms with Crippen LogP contribution in [-0.2, 0) is 0 Å². The minimum absolute atomic E-state index is 0.300. The fraction of sp³-hybridized carbons (Fsp3) is 0. The molecule has 7 heteroatoms. The van der Waals surface area contributed by atoms with E-state index in [1.807, 2.05) is 0 Å². The van der Waals surface area contributed by atoms with Crippen LogP contribution in [0.2, 0.25) is 0 Å². The van der Waals surface area contributed by atoms with E-state index in [0.29, 0.717) is 5.75 Å². The van der Waals surface area contributed by atoms with E-state index < -0.39 is 23.7 Å². The summed E-state index contributed by atoms with van der Waals surface area (Å²) >= 11 is 0. The molecule has 1 aromatic heterocycles. The standard InChI is InChI=1S/C11H8FN3O3/c12-8-6-13-10(16)14-9(8)15-11(17)18-7-4-2-1-3-5-7/h1-6H,(H2,13,14,15,16,17). The smallest absolute Gasteiger partial charge is 0.418 e. The molecule has 0 aliphatic rings. The molecule has 0 radical (unpaired) electrons. The summed E-state index contributed by atoms with van der Waals surface area (Å²) in [5.74, 6) is -1.03. The molecular formula is C11H8FN3O3. The van der Waals surface area contributed by atoms with Gasteiger partial charge in [0.2, 0.25) is 0 Å². The number of ether oxygens (including phenoxy) is 1. The summed E-state index contributed by atoms with van der Waals surface area (Å²) in [6, 6.07) is 7.60. The fourth-order valence-corrected chi connectivity index (χ4v) is 1.16. The first-order valence-electron chi connectivity index (χ1n) is 4.90. The lowest BCUT2D eigenvalue weighted by atomic mass is 10.3. The number of nitrogens with one attached hydrogen (secondary N) is 1. The van der Waals surface area contributed by atoms with Crippen molar-refractivity contribution in [2.24, 2.45) is 0 Å². The average molecular weight is 249 g/mol. The van der Waals surface area contributed by atoms with Gasteiger partial charge in [-0.3, -0.25) is 5.32 Å². The molecule has 0 saturated heterocycles. The highest BCUT2D eigenvalue weighted by molar-refractivity contribution is 5.85. The molecule has 0 fully saturated rings. The summed E-state index contributed by atoms with van der Waals surface area (Å²) in [5.41, 5.74) is 0. The number of rotatable bonds is 2. The van der Waals surface area contributed by atoms with Gasteiger partial charge in [0, 0.05) is 0 Å². The highest BCUT2D eigenvalue weighted by Crippen LogP contribution is 2.14. The van der Waals surface area contributed by atoms with Gasteiger partial charge in [-0.05, 0) is 12.1 Å². The number of hydrogen-bond acceptors (Lipinski definition) is 5. The Balaban J connectivity index is 2.05. The lowest BCUT2D eigenvalue weighted by Crippen LogP contribution is -2.18. The minimum atomic E-state index is -0.918. The summed E-state index contributed by atoms with van der Waals surface area (Å²) < 4.78 is 18.0. The highest BCUT2D eigenvalue weighted by atomic mass is 19.1. The Hall–Kier alpha value is -2.70. The van der Waals surface area contributed by atoms with E-state index in [1.54, 1.807) is 30.3 Å². The molecule has 2 rings (SSSR count). The van der Waals surface area contributed by atoms with Gasteiger partial charge in [0.25, 0.3) is 0 Å². The van der Waals surface area contributed by atoms with E-state index in [9.17, 15) is 9.18 Å². The summed E-state index contributed by atoms with van der Waals surface area (Å²) in [6.07, 6.45) is -0.182. The van der Waals surface area contributed by atoms with Crippen molar-refractivity contribution in [3.63, 3.8) is 0 Å². The Bertz CT molecular complexity index is 563. The molecule has 1 aromatic carbocycles. The van der Waals surface area contributed by atoms with Crippen molar-refractivity contribution in [2.45, 2.75) is 0 Å². The first-order chi connectivity index (χ1) is 8.65. The largest absolute Gasteiger partial charge is 0.479 e.